The van der Waals surface area contributed by atoms with Crippen molar-refractivity contribution in [3.8, 4) is 11.5 Å². The summed E-state index contributed by atoms with van der Waals surface area (Å²) >= 11 is 3.19. The minimum atomic E-state index is -0.418. The van der Waals surface area contributed by atoms with E-state index in [1.165, 1.54) is 18.2 Å². The van der Waals surface area contributed by atoms with Crippen LogP contribution in [0.25, 0.3) is 0 Å². The van der Waals surface area contributed by atoms with E-state index in [9.17, 15) is 8.78 Å². The molecule has 106 valence electrons. The maximum atomic E-state index is 13.8. The standard InChI is InChI=1S/C15H14BrF2NO/c1-2-19-9-13-14(18)4-3-5-15(13)20-12-7-10(16)6-11(17)8-12/h3-8,19H,2,9H2,1H3. The minimum Gasteiger partial charge on any atom is -0.457 e. The molecule has 0 bridgehead atoms. The molecule has 0 saturated heterocycles. The van der Waals surface area contributed by atoms with Crippen LogP contribution in [0.1, 0.15) is 12.5 Å². The Morgan fingerprint density at radius 1 is 1.20 bits per heavy atom. The molecule has 5 heteroatoms. The molecule has 0 amide bonds. The lowest BCUT2D eigenvalue weighted by Gasteiger charge is -2.12. The van der Waals surface area contributed by atoms with Gasteiger partial charge in [0.05, 0.1) is 0 Å². The number of rotatable bonds is 5. The van der Waals surface area contributed by atoms with Crippen LogP contribution in [0.2, 0.25) is 0 Å². The molecule has 0 spiro atoms. The molecule has 2 aromatic carbocycles. The molecule has 0 aliphatic heterocycles. The summed E-state index contributed by atoms with van der Waals surface area (Å²) in [6.45, 7) is 3.01. The maximum Gasteiger partial charge on any atom is 0.134 e. The molecule has 2 aromatic rings. The molecule has 0 aromatic heterocycles. The number of nitrogens with one attached hydrogen (secondary N) is 1. The van der Waals surface area contributed by atoms with Gasteiger partial charge < -0.3 is 10.1 Å². The summed E-state index contributed by atoms with van der Waals surface area (Å²) in [5, 5.41) is 3.05. The molecule has 0 atom stereocenters. The first kappa shape index (κ1) is 14.9. The first-order valence-corrected chi connectivity index (χ1v) is 7.01. The third-order valence-corrected chi connectivity index (χ3v) is 3.15. The smallest absolute Gasteiger partial charge is 0.134 e. The topological polar surface area (TPSA) is 21.3 Å². The fraction of sp³-hybridized carbons (Fsp3) is 0.200. The summed E-state index contributed by atoms with van der Waals surface area (Å²) < 4.78 is 33.3. The molecular formula is C15H14BrF2NO. The second kappa shape index (κ2) is 6.81. The zero-order chi connectivity index (χ0) is 14.5. The van der Waals surface area contributed by atoms with E-state index in [1.807, 2.05) is 6.92 Å². The fourth-order valence-electron chi connectivity index (χ4n) is 1.77. The van der Waals surface area contributed by atoms with Crippen molar-refractivity contribution in [3.63, 3.8) is 0 Å². The Morgan fingerprint density at radius 3 is 2.70 bits per heavy atom. The predicted octanol–water partition coefficient (Wildman–Crippen LogP) is 4.63. The van der Waals surface area contributed by atoms with E-state index in [-0.39, 0.29) is 5.82 Å². The molecule has 0 saturated carbocycles. The molecule has 0 heterocycles. The van der Waals surface area contributed by atoms with Crippen LogP contribution < -0.4 is 10.1 Å². The van der Waals surface area contributed by atoms with Crippen molar-refractivity contribution in [3.05, 3.63) is 58.1 Å². The van der Waals surface area contributed by atoms with Crippen LogP contribution in [0.3, 0.4) is 0 Å². The number of hydrogen-bond acceptors (Lipinski definition) is 2. The van der Waals surface area contributed by atoms with Crippen LogP contribution in [-0.2, 0) is 6.54 Å². The highest BCUT2D eigenvalue weighted by atomic mass is 79.9. The first-order chi connectivity index (χ1) is 9.60. The Bertz CT molecular complexity index is 584. The van der Waals surface area contributed by atoms with Crippen LogP contribution in [-0.4, -0.2) is 6.54 Å². The normalized spacial score (nSPS) is 10.6. The van der Waals surface area contributed by atoms with Gasteiger partial charge in [0.2, 0.25) is 0 Å². The van der Waals surface area contributed by atoms with E-state index in [0.717, 1.165) is 6.54 Å². The zero-order valence-electron chi connectivity index (χ0n) is 10.9. The third kappa shape index (κ3) is 3.77. The molecule has 0 unspecified atom stereocenters. The largest absolute Gasteiger partial charge is 0.457 e. The molecule has 0 aliphatic carbocycles. The molecule has 1 N–H and O–H groups in total. The van der Waals surface area contributed by atoms with Gasteiger partial charge in [0.15, 0.2) is 0 Å². The molecule has 0 aliphatic rings. The van der Waals surface area contributed by atoms with Crippen molar-refractivity contribution in [2.45, 2.75) is 13.5 Å². The van der Waals surface area contributed by atoms with Crippen molar-refractivity contribution >= 4 is 15.9 Å². The highest BCUT2D eigenvalue weighted by molar-refractivity contribution is 9.10. The van der Waals surface area contributed by atoms with Gasteiger partial charge in [0.1, 0.15) is 23.1 Å². The highest BCUT2D eigenvalue weighted by Gasteiger charge is 2.11. The third-order valence-electron chi connectivity index (χ3n) is 2.69. The molecule has 2 rings (SSSR count). The number of benzene rings is 2. The molecule has 20 heavy (non-hydrogen) atoms. The Morgan fingerprint density at radius 2 is 2.00 bits per heavy atom. The van der Waals surface area contributed by atoms with E-state index in [1.54, 1.807) is 18.2 Å². The first-order valence-electron chi connectivity index (χ1n) is 6.22. The fourth-order valence-corrected chi connectivity index (χ4v) is 2.21. The molecular weight excluding hydrogens is 328 g/mol. The lowest BCUT2D eigenvalue weighted by Crippen LogP contribution is -2.13. The number of halogens is 3. The van der Waals surface area contributed by atoms with Gasteiger partial charge in [-0.1, -0.05) is 28.9 Å². The van der Waals surface area contributed by atoms with Gasteiger partial charge in [-0.25, -0.2) is 8.78 Å². The summed E-state index contributed by atoms with van der Waals surface area (Å²) in [7, 11) is 0. The van der Waals surface area contributed by atoms with Gasteiger partial charge >= 0.3 is 0 Å². The van der Waals surface area contributed by atoms with Gasteiger partial charge in [0, 0.05) is 22.6 Å². The van der Waals surface area contributed by atoms with E-state index in [2.05, 4.69) is 21.2 Å². The summed E-state index contributed by atoms with van der Waals surface area (Å²) in [5.41, 5.74) is 0.426. The quantitative estimate of drug-likeness (QED) is 0.856. The maximum absolute atomic E-state index is 13.8. The predicted molar refractivity (Wildman–Crippen MR) is 78.0 cm³/mol. The van der Waals surface area contributed by atoms with E-state index >= 15 is 0 Å². The summed E-state index contributed by atoms with van der Waals surface area (Å²) in [5.74, 6) is -0.0680. The van der Waals surface area contributed by atoms with Crippen molar-refractivity contribution in [2.24, 2.45) is 0 Å². The number of ether oxygens (including phenoxy) is 1. The van der Waals surface area contributed by atoms with Crippen LogP contribution in [0.15, 0.2) is 40.9 Å². The van der Waals surface area contributed by atoms with Crippen molar-refractivity contribution < 1.29 is 13.5 Å². The van der Waals surface area contributed by atoms with Gasteiger partial charge in [-0.2, -0.15) is 0 Å². The summed E-state index contributed by atoms with van der Waals surface area (Å²) in [6, 6.07) is 8.82. The summed E-state index contributed by atoms with van der Waals surface area (Å²) in [4.78, 5) is 0. The monoisotopic (exact) mass is 341 g/mol. The Kier molecular flexibility index (Phi) is 5.09. The minimum absolute atomic E-state index is 0.320. The van der Waals surface area contributed by atoms with E-state index in [4.69, 9.17) is 4.74 Å². The van der Waals surface area contributed by atoms with E-state index in [0.29, 0.717) is 28.1 Å². The Hall–Kier alpha value is -1.46. The average molecular weight is 342 g/mol. The van der Waals surface area contributed by atoms with Crippen LogP contribution in [0, 0.1) is 11.6 Å². The average Bonchev–Trinajstić information content (AvgIpc) is 2.37. The number of hydrogen-bond donors (Lipinski definition) is 1. The molecule has 2 nitrogen and oxygen atoms in total. The molecule has 0 radical (unpaired) electrons. The lowest BCUT2D eigenvalue weighted by atomic mass is 10.2. The van der Waals surface area contributed by atoms with Gasteiger partial charge in [-0.3, -0.25) is 0 Å². The van der Waals surface area contributed by atoms with E-state index < -0.39 is 5.82 Å². The highest BCUT2D eigenvalue weighted by Crippen LogP contribution is 2.29. The lowest BCUT2D eigenvalue weighted by molar-refractivity contribution is 0.458. The van der Waals surface area contributed by atoms with Crippen molar-refractivity contribution in [1.82, 2.24) is 5.32 Å². The summed E-state index contributed by atoms with van der Waals surface area (Å²) in [6.07, 6.45) is 0. The molecule has 0 fully saturated rings. The van der Waals surface area contributed by atoms with Crippen LogP contribution in [0.4, 0.5) is 8.78 Å². The van der Waals surface area contributed by atoms with Gasteiger partial charge in [-0.05, 0) is 30.8 Å². The van der Waals surface area contributed by atoms with Crippen molar-refractivity contribution in [1.29, 1.82) is 0 Å². The van der Waals surface area contributed by atoms with Crippen molar-refractivity contribution in [2.75, 3.05) is 6.54 Å². The van der Waals surface area contributed by atoms with Gasteiger partial charge in [0.25, 0.3) is 0 Å². The van der Waals surface area contributed by atoms with Gasteiger partial charge in [-0.15, -0.1) is 0 Å². The van der Waals surface area contributed by atoms with Crippen LogP contribution >= 0.6 is 15.9 Å². The SMILES string of the molecule is CCNCc1c(F)cccc1Oc1cc(F)cc(Br)c1. The Labute approximate surface area is 124 Å². The van der Waals surface area contributed by atoms with Crippen LogP contribution in [0.5, 0.6) is 11.5 Å². The second-order valence-corrected chi connectivity index (χ2v) is 5.12. The Balaban J connectivity index is 2.30. The zero-order valence-corrected chi connectivity index (χ0v) is 12.5. The second-order valence-electron chi connectivity index (χ2n) is 4.20.